The van der Waals surface area contributed by atoms with Crippen molar-refractivity contribution in [2.45, 2.75) is 44.4 Å². The predicted molar refractivity (Wildman–Crippen MR) is 75.3 cm³/mol. The van der Waals surface area contributed by atoms with Crippen LogP contribution in [0.25, 0.3) is 0 Å². The van der Waals surface area contributed by atoms with E-state index in [0.717, 1.165) is 19.4 Å². The summed E-state index contributed by atoms with van der Waals surface area (Å²) in [5, 5.41) is 5.62. The molecule has 3 unspecified atom stereocenters. The number of hydrogen-bond donors (Lipinski definition) is 1. The molecular weight excluding hydrogens is 262 g/mol. The Morgan fingerprint density at radius 1 is 1.68 bits per heavy atom. The lowest BCUT2D eigenvalue weighted by molar-refractivity contribution is -0.141. The number of nitrogens with one attached hydrogen (secondary N) is 1. The van der Waals surface area contributed by atoms with E-state index in [1.165, 1.54) is 12.0 Å². The Morgan fingerprint density at radius 2 is 2.53 bits per heavy atom. The van der Waals surface area contributed by atoms with Gasteiger partial charge in [-0.3, -0.25) is 4.79 Å². The molecule has 1 fully saturated rings. The minimum atomic E-state index is -0.175. The lowest BCUT2D eigenvalue weighted by Gasteiger charge is -2.31. The summed E-state index contributed by atoms with van der Waals surface area (Å²) < 4.78 is 10.3. The Bertz CT molecular complexity index is 393. The third-order valence-corrected chi connectivity index (χ3v) is 4.39. The van der Waals surface area contributed by atoms with Gasteiger partial charge in [0.25, 0.3) is 0 Å². The summed E-state index contributed by atoms with van der Waals surface area (Å²) in [4.78, 5) is 12.7. The third kappa shape index (κ3) is 4.30. The van der Waals surface area contributed by atoms with Gasteiger partial charge in [-0.2, -0.15) is 0 Å². The van der Waals surface area contributed by atoms with Crippen LogP contribution in [-0.2, 0) is 14.3 Å². The molecule has 0 saturated carbocycles. The van der Waals surface area contributed by atoms with Crippen LogP contribution in [0.1, 0.15) is 37.1 Å². The highest BCUT2D eigenvalue weighted by molar-refractivity contribution is 7.10. The maximum Gasteiger partial charge on any atom is 0.307 e. The first-order valence-electron chi connectivity index (χ1n) is 6.67. The van der Waals surface area contributed by atoms with Crippen molar-refractivity contribution in [3.8, 4) is 0 Å². The molecule has 1 aliphatic heterocycles. The summed E-state index contributed by atoms with van der Waals surface area (Å²) in [5.74, 6) is -0.175. The molecule has 1 aromatic rings. The second kappa shape index (κ2) is 7.03. The van der Waals surface area contributed by atoms with Gasteiger partial charge in [0.05, 0.1) is 25.7 Å². The van der Waals surface area contributed by atoms with Crippen molar-refractivity contribution in [1.29, 1.82) is 0 Å². The number of thiophene rings is 1. The van der Waals surface area contributed by atoms with Crippen molar-refractivity contribution in [1.82, 2.24) is 5.32 Å². The number of carbonyl (C=O) groups excluding carboxylic acids is 1. The zero-order valence-electron chi connectivity index (χ0n) is 11.4. The van der Waals surface area contributed by atoms with E-state index in [4.69, 9.17) is 9.47 Å². The molecule has 3 atom stereocenters. The largest absolute Gasteiger partial charge is 0.469 e. The molecule has 0 spiro atoms. The van der Waals surface area contributed by atoms with Crippen LogP contribution in [-0.4, -0.2) is 31.8 Å². The Labute approximate surface area is 118 Å². The monoisotopic (exact) mass is 283 g/mol. The summed E-state index contributed by atoms with van der Waals surface area (Å²) >= 11 is 1.67. The SMILES string of the molecule is COC(=O)CC(NC1CCOC(C)C1)c1cccs1. The summed E-state index contributed by atoms with van der Waals surface area (Å²) in [5.41, 5.74) is 0. The number of methoxy groups -OCH3 is 1. The molecule has 19 heavy (non-hydrogen) atoms. The molecule has 1 N–H and O–H groups in total. The van der Waals surface area contributed by atoms with Crippen molar-refractivity contribution < 1.29 is 14.3 Å². The van der Waals surface area contributed by atoms with E-state index in [1.807, 2.05) is 11.4 Å². The molecule has 0 aromatic carbocycles. The van der Waals surface area contributed by atoms with Gasteiger partial charge < -0.3 is 14.8 Å². The first-order valence-corrected chi connectivity index (χ1v) is 7.55. The van der Waals surface area contributed by atoms with Gasteiger partial charge >= 0.3 is 5.97 Å². The van der Waals surface area contributed by atoms with Crippen molar-refractivity contribution in [3.05, 3.63) is 22.4 Å². The van der Waals surface area contributed by atoms with Gasteiger partial charge in [-0.1, -0.05) is 6.07 Å². The van der Waals surface area contributed by atoms with Gasteiger partial charge in [0, 0.05) is 17.5 Å². The minimum Gasteiger partial charge on any atom is -0.469 e. The lowest BCUT2D eigenvalue weighted by atomic mass is 10.0. The number of carbonyl (C=O) groups is 1. The molecule has 0 radical (unpaired) electrons. The maximum absolute atomic E-state index is 11.5. The number of ether oxygens (including phenoxy) is 2. The molecule has 5 heteroatoms. The quantitative estimate of drug-likeness (QED) is 0.844. The van der Waals surface area contributed by atoms with E-state index in [-0.39, 0.29) is 18.1 Å². The van der Waals surface area contributed by atoms with E-state index >= 15 is 0 Å². The van der Waals surface area contributed by atoms with Gasteiger partial charge in [-0.15, -0.1) is 11.3 Å². The molecule has 0 bridgehead atoms. The first-order chi connectivity index (χ1) is 9.19. The normalized spacial score (nSPS) is 24.9. The van der Waals surface area contributed by atoms with Crippen molar-refractivity contribution in [2.75, 3.05) is 13.7 Å². The number of rotatable bonds is 5. The zero-order valence-corrected chi connectivity index (χ0v) is 12.2. The van der Waals surface area contributed by atoms with Gasteiger partial charge in [0.15, 0.2) is 0 Å². The summed E-state index contributed by atoms with van der Waals surface area (Å²) in [6.07, 6.45) is 2.65. The standard InChI is InChI=1S/C14H21NO3S/c1-10-8-11(5-6-18-10)15-12(9-14(16)17-2)13-4-3-7-19-13/h3-4,7,10-12,15H,5-6,8-9H2,1-2H3. The third-order valence-electron chi connectivity index (χ3n) is 3.41. The maximum atomic E-state index is 11.5. The van der Waals surface area contributed by atoms with Gasteiger partial charge in [0.1, 0.15) is 0 Å². The second-order valence-electron chi connectivity index (χ2n) is 4.92. The summed E-state index contributed by atoms with van der Waals surface area (Å²) in [6, 6.07) is 4.52. The Balaban J connectivity index is 1.99. The topological polar surface area (TPSA) is 47.6 Å². The van der Waals surface area contributed by atoms with Crippen molar-refractivity contribution in [3.63, 3.8) is 0 Å². The Morgan fingerprint density at radius 3 is 3.16 bits per heavy atom. The van der Waals surface area contributed by atoms with Gasteiger partial charge in [0.2, 0.25) is 0 Å². The zero-order chi connectivity index (χ0) is 13.7. The van der Waals surface area contributed by atoms with E-state index < -0.39 is 0 Å². The van der Waals surface area contributed by atoms with E-state index in [9.17, 15) is 4.79 Å². The Hall–Kier alpha value is -0.910. The Kier molecular flexibility index (Phi) is 5.36. The molecule has 1 aliphatic rings. The average molecular weight is 283 g/mol. The summed E-state index contributed by atoms with van der Waals surface area (Å²) in [7, 11) is 1.43. The molecule has 106 valence electrons. The molecule has 0 aliphatic carbocycles. The van der Waals surface area contributed by atoms with E-state index in [2.05, 4.69) is 18.3 Å². The molecule has 1 saturated heterocycles. The number of hydrogen-bond acceptors (Lipinski definition) is 5. The minimum absolute atomic E-state index is 0.0442. The van der Waals surface area contributed by atoms with Gasteiger partial charge in [-0.25, -0.2) is 0 Å². The highest BCUT2D eigenvalue weighted by atomic mass is 32.1. The smallest absolute Gasteiger partial charge is 0.307 e. The van der Waals surface area contributed by atoms with Crippen LogP contribution >= 0.6 is 11.3 Å². The molecule has 0 amide bonds. The van der Waals surface area contributed by atoms with Crippen LogP contribution in [0.2, 0.25) is 0 Å². The fraction of sp³-hybridized carbons (Fsp3) is 0.643. The predicted octanol–water partition coefficient (Wildman–Crippen LogP) is 2.51. The highest BCUT2D eigenvalue weighted by Gasteiger charge is 2.25. The van der Waals surface area contributed by atoms with Crippen LogP contribution in [0.5, 0.6) is 0 Å². The van der Waals surface area contributed by atoms with E-state index in [0.29, 0.717) is 12.5 Å². The molecule has 2 rings (SSSR count). The molecule has 1 aromatic heterocycles. The fourth-order valence-electron chi connectivity index (χ4n) is 2.42. The van der Waals surface area contributed by atoms with Crippen molar-refractivity contribution in [2.24, 2.45) is 0 Å². The average Bonchev–Trinajstić information content (AvgIpc) is 2.91. The number of esters is 1. The fourth-order valence-corrected chi connectivity index (χ4v) is 3.20. The molecule has 4 nitrogen and oxygen atoms in total. The van der Waals surface area contributed by atoms with Crippen LogP contribution in [0.4, 0.5) is 0 Å². The van der Waals surface area contributed by atoms with E-state index in [1.54, 1.807) is 11.3 Å². The molecule has 2 heterocycles. The van der Waals surface area contributed by atoms with Gasteiger partial charge in [-0.05, 0) is 31.2 Å². The van der Waals surface area contributed by atoms with Crippen LogP contribution in [0.15, 0.2) is 17.5 Å². The van der Waals surface area contributed by atoms with Crippen molar-refractivity contribution >= 4 is 17.3 Å². The van der Waals surface area contributed by atoms with Crippen LogP contribution in [0.3, 0.4) is 0 Å². The van der Waals surface area contributed by atoms with Crippen LogP contribution < -0.4 is 5.32 Å². The summed E-state index contributed by atoms with van der Waals surface area (Å²) in [6.45, 7) is 2.88. The second-order valence-corrected chi connectivity index (χ2v) is 5.90. The molecular formula is C14H21NO3S. The lowest BCUT2D eigenvalue weighted by Crippen LogP contribution is -2.40. The van der Waals surface area contributed by atoms with Crippen LogP contribution in [0, 0.1) is 0 Å². The first kappa shape index (κ1) is 14.5. The highest BCUT2D eigenvalue weighted by Crippen LogP contribution is 2.25.